The summed E-state index contributed by atoms with van der Waals surface area (Å²) in [5.41, 5.74) is 0. The molecule has 6 N–H and O–H groups in total. The smallest absolute Gasteiger partial charge is 0.246 e. The van der Waals surface area contributed by atoms with Crippen molar-refractivity contribution in [3.05, 3.63) is 0 Å². The number of amides is 11. The van der Waals surface area contributed by atoms with Crippen molar-refractivity contribution in [1.82, 2.24) is 56.0 Å². The maximum Gasteiger partial charge on any atom is 0.246 e. The van der Waals surface area contributed by atoms with Crippen molar-refractivity contribution in [1.29, 1.82) is 1.43 Å². The topological polar surface area (TPSA) is 288 Å². The summed E-state index contributed by atoms with van der Waals surface area (Å²) in [6.45, 7) is 10.3. The molecule has 0 aromatic rings. The Balaban J connectivity index is 6.19. The summed E-state index contributed by atoms with van der Waals surface area (Å²) < 4.78 is 41.2. The van der Waals surface area contributed by atoms with E-state index in [2.05, 4.69) is 10.4 Å². The minimum absolute atomic E-state index is 0.00431. The normalized spacial score (nSPS) is 14.8. The van der Waals surface area contributed by atoms with Gasteiger partial charge in [0, 0.05) is 56.3 Å². The van der Waals surface area contributed by atoms with Gasteiger partial charge in [0.2, 0.25) is 66.4 Å². The van der Waals surface area contributed by atoms with Gasteiger partial charge < -0.3 is 61.1 Å². The zero-order valence-electron chi connectivity index (χ0n) is 46.5. The number of nitrogens with one attached hydrogen (secondary N) is 5. The highest BCUT2D eigenvalue weighted by molar-refractivity contribution is 5.97. The minimum atomic E-state index is -1.63. The van der Waals surface area contributed by atoms with Crippen LogP contribution in [0.15, 0.2) is 0 Å². The Bertz CT molecular complexity index is 1920. The fourth-order valence-corrected chi connectivity index (χ4v) is 6.45. The third kappa shape index (κ3) is 18.9. The molecule has 0 saturated heterocycles. The van der Waals surface area contributed by atoms with E-state index in [9.17, 15) is 52.7 Å². The van der Waals surface area contributed by atoms with Crippen LogP contribution in [0.3, 0.4) is 0 Å². The number of aliphatic hydroxyl groups is 1. The molecule has 0 aliphatic carbocycles. The van der Waals surface area contributed by atoms with E-state index in [1.807, 2.05) is 0 Å². The first kappa shape index (κ1) is 51.1. The summed E-state index contributed by atoms with van der Waals surface area (Å²) in [4.78, 5) is 151. The Morgan fingerprint density at radius 2 is 1.18 bits per heavy atom. The fraction of sp³-hybridized carbons (Fsp3) is 0.744. The number of aliphatic hydroxyl groups excluding tert-OH is 1. The zero-order valence-corrected chi connectivity index (χ0v) is 41.5. The van der Waals surface area contributed by atoms with Gasteiger partial charge in [0.1, 0.15) is 36.3 Å². The lowest BCUT2D eigenvalue weighted by Gasteiger charge is -2.36. The van der Waals surface area contributed by atoms with Crippen LogP contribution in [-0.2, 0) is 52.7 Å². The van der Waals surface area contributed by atoms with Crippen LogP contribution in [0.4, 0.5) is 0 Å². The monoisotopic (exact) mass is 945 g/mol. The Morgan fingerprint density at radius 3 is 1.67 bits per heavy atom. The summed E-state index contributed by atoms with van der Waals surface area (Å²) in [6.07, 6.45) is -0.158. The van der Waals surface area contributed by atoms with Gasteiger partial charge in [0.05, 0.1) is 32.8 Å². The highest BCUT2D eigenvalue weighted by atomic mass is 16.3. The average Bonchev–Trinajstić information content (AvgIpc) is 3.29. The third-order valence-electron chi connectivity index (χ3n) is 10.4. The Hall–Kier alpha value is -5.87. The van der Waals surface area contributed by atoms with Gasteiger partial charge in [-0.05, 0) is 37.5 Å². The molecule has 0 radical (unpaired) electrons. The quantitative estimate of drug-likeness (QED) is 0.0480. The molecule has 0 saturated carbocycles. The van der Waals surface area contributed by atoms with Crippen LogP contribution >= 0.6 is 0 Å². The van der Waals surface area contributed by atoms with Crippen LogP contribution in [0, 0.1) is 17.8 Å². The van der Waals surface area contributed by atoms with E-state index < -0.39 is 146 Å². The second-order valence-corrected chi connectivity index (χ2v) is 17.5. The predicted octanol–water partition coefficient (Wildman–Crippen LogP) is -3.04. The highest BCUT2D eigenvalue weighted by Crippen LogP contribution is 2.16. The van der Waals surface area contributed by atoms with Gasteiger partial charge in [-0.3, -0.25) is 52.7 Å². The van der Waals surface area contributed by atoms with Crippen molar-refractivity contribution in [2.75, 3.05) is 82.1 Å². The molecule has 0 fully saturated rings. The highest BCUT2D eigenvalue weighted by Gasteiger charge is 2.38. The molecular weight excluding hydrogens is 863 g/mol. The number of likely N-dealkylation sites (N-methyl/N-ethyl adjacent to an activating group) is 6. The third-order valence-corrected chi connectivity index (χ3v) is 10.4. The molecule has 66 heavy (non-hydrogen) atoms. The van der Waals surface area contributed by atoms with Crippen molar-refractivity contribution in [3.63, 3.8) is 0 Å². The van der Waals surface area contributed by atoms with E-state index in [1.54, 1.807) is 41.5 Å². The van der Waals surface area contributed by atoms with Crippen molar-refractivity contribution >= 4 is 65.0 Å². The molecule has 11 amide bonds. The molecule has 0 rings (SSSR count). The summed E-state index contributed by atoms with van der Waals surface area (Å²) in [6, 6.07) is -8.42. The summed E-state index contributed by atoms with van der Waals surface area (Å²) in [5.74, 6) is -10.7. The standard InChI is InChI=1S/C43H77N11O12/c1-17-29(47-39(62)31(23-55)53(15)43(66)37(26(6)7)54(16)34(59)20-44-28(9)56)41(64)51(13)22-35(60)50(12)21-33(58)48-36(25(4)5)42(65)52(14)30(18-24(2)3)38(61)45-19-32(57)46-27(8)40(63)49(10)11/h24-27,29-31,36-37,55H,17-23H2,1-16H3,(H,44,56)(H,45,61)(H,46,57)(H,47,62)(H,48,58)/i55D/hD4. The first-order valence-corrected chi connectivity index (χ1v) is 21.7. The lowest BCUT2D eigenvalue weighted by Crippen LogP contribution is -2.60. The van der Waals surface area contributed by atoms with E-state index in [1.165, 1.54) is 75.0 Å². The van der Waals surface area contributed by atoms with Crippen molar-refractivity contribution in [2.45, 2.75) is 111 Å². The van der Waals surface area contributed by atoms with Gasteiger partial charge in [0.25, 0.3) is 0 Å². The van der Waals surface area contributed by atoms with Crippen LogP contribution in [0.1, 0.15) is 75.2 Å². The summed E-state index contributed by atoms with van der Waals surface area (Å²) >= 11 is 0. The molecule has 0 heterocycles. The number of nitrogens with zero attached hydrogens (tertiary/aromatic N) is 6. The van der Waals surface area contributed by atoms with E-state index in [0.29, 0.717) is 15.9 Å². The lowest BCUT2D eigenvalue weighted by molar-refractivity contribution is -0.150. The number of rotatable bonds is 27. The Morgan fingerprint density at radius 1 is 0.606 bits per heavy atom. The number of carbonyl (C=O) groups excluding carboxylic acids is 11. The molecule has 376 valence electrons. The molecule has 23 nitrogen and oxygen atoms in total. The summed E-state index contributed by atoms with van der Waals surface area (Å²) in [5, 5.41) is 8.14. The van der Waals surface area contributed by atoms with Crippen LogP contribution in [0.25, 0.3) is 0 Å². The zero-order chi connectivity index (χ0) is 55.7. The minimum Gasteiger partial charge on any atom is -0.394 e. The molecule has 0 aromatic carbocycles. The molecule has 0 bridgehead atoms. The fourth-order valence-electron chi connectivity index (χ4n) is 6.45. The van der Waals surface area contributed by atoms with Gasteiger partial charge in [-0.1, -0.05) is 48.5 Å². The summed E-state index contributed by atoms with van der Waals surface area (Å²) in [7, 11) is 9.06. The van der Waals surface area contributed by atoms with Gasteiger partial charge in [-0.25, -0.2) is 0 Å². The Kier molecular flexibility index (Phi) is 21.9. The number of hydrogen-bond donors (Lipinski definition) is 6. The second kappa shape index (κ2) is 28.2. The molecule has 0 aromatic heterocycles. The van der Waals surface area contributed by atoms with E-state index in [0.717, 1.165) is 24.5 Å². The molecule has 0 aliphatic rings. The van der Waals surface area contributed by atoms with E-state index >= 15 is 0 Å². The molecule has 0 spiro atoms. The first-order valence-electron chi connectivity index (χ1n) is 23.9. The molecule has 23 heteroatoms. The van der Waals surface area contributed by atoms with Crippen LogP contribution in [0.5, 0.6) is 0 Å². The van der Waals surface area contributed by atoms with E-state index in [4.69, 9.17) is 7.08 Å². The SMILES string of the molecule is [2H]OCC(C(=O)N([2H])C(CC)C(=O)N(C)CC(=O)N(C)CC(=O)N([2H])C(C(=O)N(C)C(CC(C)C)C(=O)N([2H])CC(=O)N([2H])C(C)C(=O)N(C)C)C(C)C)N(C)C(=O)C(C(C)C)N(C)C(=O)CNC(C)=O. The number of hydrogen-bond acceptors (Lipinski definition) is 12. The van der Waals surface area contributed by atoms with Gasteiger partial charge >= 0.3 is 0 Å². The molecule has 6 atom stereocenters. The van der Waals surface area contributed by atoms with Crippen molar-refractivity contribution in [3.8, 4) is 0 Å². The van der Waals surface area contributed by atoms with Gasteiger partial charge in [0.15, 0.2) is 5.65 Å². The van der Waals surface area contributed by atoms with Crippen LogP contribution in [-0.4, -0.2) is 219 Å². The van der Waals surface area contributed by atoms with Crippen LogP contribution in [0.2, 0.25) is 5.65 Å². The van der Waals surface area contributed by atoms with Gasteiger partial charge in [-0.15, -0.1) is 0 Å². The molecular formula is C43H77N11O12. The Labute approximate surface area is 396 Å². The van der Waals surface area contributed by atoms with Crippen molar-refractivity contribution in [2.24, 2.45) is 17.8 Å². The van der Waals surface area contributed by atoms with Crippen molar-refractivity contribution < 1.29 is 63.5 Å². The maximum atomic E-state index is 14.1. The van der Waals surface area contributed by atoms with Crippen LogP contribution < -0.4 is 26.6 Å². The molecule has 0 aliphatic heterocycles. The second-order valence-electron chi connectivity index (χ2n) is 17.5. The van der Waals surface area contributed by atoms with E-state index in [-0.39, 0.29) is 24.1 Å². The van der Waals surface area contributed by atoms with Gasteiger partial charge in [-0.2, -0.15) is 0 Å². The molecule has 6 unspecified atom stereocenters. The number of carbonyl (C=O) groups is 11. The largest absolute Gasteiger partial charge is 0.394 e. The predicted molar refractivity (Wildman–Crippen MR) is 243 cm³/mol. The lowest BCUT2D eigenvalue weighted by atomic mass is 9.98. The average molecular weight is 945 g/mol. The maximum absolute atomic E-state index is 14.1. The first-order chi connectivity index (χ1) is 32.6.